The van der Waals surface area contributed by atoms with Gasteiger partial charge >= 0.3 is 0 Å². The SMILES string of the molecule is NCc1cc(F)cc(OCCn2ccnc2)c1. The topological polar surface area (TPSA) is 53.1 Å². The van der Waals surface area contributed by atoms with Gasteiger partial charge in [-0.25, -0.2) is 9.37 Å². The quantitative estimate of drug-likeness (QED) is 0.855. The van der Waals surface area contributed by atoms with E-state index in [0.29, 0.717) is 25.4 Å². The van der Waals surface area contributed by atoms with Gasteiger partial charge in [-0.1, -0.05) is 0 Å². The summed E-state index contributed by atoms with van der Waals surface area (Å²) in [6, 6.07) is 4.51. The van der Waals surface area contributed by atoms with Crippen molar-refractivity contribution >= 4 is 0 Å². The van der Waals surface area contributed by atoms with Crippen molar-refractivity contribution in [3.63, 3.8) is 0 Å². The van der Waals surface area contributed by atoms with E-state index in [9.17, 15) is 4.39 Å². The summed E-state index contributed by atoms with van der Waals surface area (Å²) >= 11 is 0. The molecule has 2 rings (SSSR count). The first-order chi connectivity index (χ1) is 8.28. The molecule has 0 unspecified atom stereocenters. The van der Waals surface area contributed by atoms with Gasteiger partial charge < -0.3 is 15.0 Å². The number of nitrogens with zero attached hydrogens (tertiary/aromatic N) is 2. The van der Waals surface area contributed by atoms with Gasteiger partial charge in [0.2, 0.25) is 0 Å². The highest BCUT2D eigenvalue weighted by Gasteiger charge is 2.01. The molecule has 0 radical (unpaired) electrons. The van der Waals surface area contributed by atoms with Gasteiger partial charge in [-0.2, -0.15) is 0 Å². The van der Waals surface area contributed by atoms with Gasteiger partial charge in [0, 0.05) is 25.0 Å². The Balaban J connectivity index is 1.92. The van der Waals surface area contributed by atoms with Gasteiger partial charge in [0.05, 0.1) is 12.9 Å². The smallest absolute Gasteiger partial charge is 0.127 e. The maximum absolute atomic E-state index is 13.2. The molecule has 0 aliphatic heterocycles. The average Bonchev–Trinajstić information content (AvgIpc) is 2.81. The molecule has 0 aliphatic carbocycles. The van der Waals surface area contributed by atoms with Gasteiger partial charge in [-0.05, 0) is 17.7 Å². The Morgan fingerprint density at radius 3 is 2.94 bits per heavy atom. The number of imidazole rings is 1. The monoisotopic (exact) mass is 235 g/mol. The maximum Gasteiger partial charge on any atom is 0.127 e. The Morgan fingerprint density at radius 1 is 1.35 bits per heavy atom. The average molecular weight is 235 g/mol. The second-order valence-corrected chi connectivity index (χ2v) is 3.65. The molecule has 0 bridgehead atoms. The van der Waals surface area contributed by atoms with E-state index in [1.54, 1.807) is 18.6 Å². The van der Waals surface area contributed by atoms with Crippen LogP contribution < -0.4 is 10.5 Å². The van der Waals surface area contributed by atoms with Crippen LogP contribution in [0.4, 0.5) is 4.39 Å². The first kappa shape index (κ1) is 11.6. The predicted molar refractivity (Wildman–Crippen MR) is 62.0 cm³/mol. The Bertz CT molecular complexity index is 471. The van der Waals surface area contributed by atoms with Crippen LogP contribution in [0.2, 0.25) is 0 Å². The molecule has 1 aromatic carbocycles. The largest absolute Gasteiger partial charge is 0.492 e. The third-order valence-corrected chi connectivity index (χ3v) is 2.34. The van der Waals surface area contributed by atoms with Crippen LogP contribution in [0.15, 0.2) is 36.9 Å². The van der Waals surface area contributed by atoms with Crippen LogP contribution in [0.5, 0.6) is 5.75 Å². The molecule has 1 aromatic heterocycles. The highest BCUT2D eigenvalue weighted by molar-refractivity contribution is 5.29. The molecule has 2 aromatic rings. The van der Waals surface area contributed by atoms with E-state index in [4.69, 9.17) is 10.5 Å². The van der Waals surface area contributed by atoms with Crippen LogP contribution in [0.25, 0.3) is 0 Å². The molecule has 0 aliphatic rings. The summed E-state index contributed by atoms with van der Waals surface area (Å²) in [7, 11) is 0. The zero-order valence-electron chi connectivity index (χ0n) is 9.34. The van der Waals surface area contributed by atoms with Crippen molar-refractivity contribution in [1.29, 1.82) is 0 Å². The van der Waals surface area contributed by atoms with Crippen LogP contribution in [0.3, 0.4) is 0 Å². The zero-order valence-corrected chi connectivity index (χ0v) is 9.34. The lowest BCUT2D eigenvalue weighted by Crippen LogP contribution is -2.07. The molecule has 17 heavy (non-hydrogen) atoms. The van der Waals surface area contributed by atoms with Gasteiger partial charge in [-0.3, -0.25) is 0 Å². The fourth-order valence-corrected chi connectivity index (χ4v) is 1.51. The molecule has 0 fully saturated rings. The molecule has 0 saturated heterocycles. The third kappa shape index (κ3) is 3.29. The summed E-state index contributed by atoms with van der Waals surface area (Å²) < 4.78 is 20.5. The highest BCUT2D eigenvalue weighted by Crippen LogP contribution is 2.16. The van der Waals surface area contributed by atoms with E-state index in [-0.39, 0.29) is 5.82 Å². The Hall–Kier alpha value is -1.88. The van der Waals surface area contributed by atoms with Crippen molar-refractivity contribution < 1.29 is 9.13 Å². The molecule has 0 amide bonds. The van der Waals surface area contributed by atoms with Crippen LogP contribution >= 0.6 is 0 Å². The molecule has 0 saturated carbocycles. The van der Waals surface area contributed by atoms with Crippen molar-refractivity contribution in [2.24, 2.45) is 5.73 Å². The van der Waals surface area contributed by atoms with Crippen LogP contribution in [-0.2, 0) is 13.1 Å². The molecule has 5 heteroatoms. The van der Waals surface area contributed by atoms with Crippen LogP contribution in [0.1, 0.15) is 5.56 Å². The van der Waals surface area contributed by atoms with Crippen LogP contribution in [-0.4, -0.2) is 16.2 Å². The molecule has 0 atom stereocenters. The normalized spacial score (nSPS) is 10.5. The number of rotatable bonds is 5. The highest BCUT2D eigenvalue weighted by atomic mass is 19.1. The first-order valence-electron chi connectivity index (χ1n) is 5.36. The number of hydrogen-bond donors (Lipinski definition) is 1. The minimum Gasteiger partial charge on any atom is -0.492 e. The summed E-state index contributed by atoms with van der Waals surface area (Å²) in [5.74, 6) is 0.177. The predicted octanol–water partition coefficient (Wildman–Crippen LogP) is 1.56. The number of aromatic nitrogens is 2. The first-order valence-corrected chi connectivity index (χ1v) is 5.36. The van der Waals surface area contributed by atoms with Crippen molar-refractivity contribution in [3.05, 3.63) is 48.3 Å². The van der Waals surface area contributed by atoms with E-state index in [1.165, 1.54) is 12.1 Å². The van der Waals surface area contributed by atoms with Gasteiger partial charge in [0.25, 0.3) is 0 Å². The second kappa shape index (κ2) is 5.45. The molecular formula is C12H14FN3O. The maximum atomic E-state index is 13.2. The second-order valence-electron chi connectivity index (χ2n) is 3.65. The Labute approximate surface area is 98.8 Å². The van der Waals surface area contributed by atoms with Gasteiger partial charge in [-0.15, -0.1) is 0 Å². The van der Waals surface area contributed by atoms with E-state index in [0.717, 1.165) is 5.56 Å². The van der Waals surface area contributed by atoms with Crippen molar-refractivity contribution in [2.45, 2.75) is 13.1 Å². The minimum absolute atomic E-state index is 0.301. The lowest BCUT2D eigenvalue weighted by molar-refractivity contribution is 0.296. The van der Waals surface area contributed by atoms with E-state index in [2.05, 4.69) is 4.98 Å². The summed E-state index contributed by atoms with van der Waals surface area (Å²) in [6.45, 7) is 1.44. The lowest BCUT2D eigenvalue weighted by Gasteiger charge is -2.08. The van der Waals surface area contributed by atoms with Crippen molar-refractivity contribution in [3.8, 4) is 5.75 Å². The van der Waals surface area contributed by atoms with E-state index < -0.39 is 0 Å². The van der Waals surface area contributed by atoms with Crippen LogP contribution in [0, 0.1) is 5.82 Å². The van der Waals surface area contributed by atoms with Gasteiger partial charge in [0.15, 0.2) is 0 Å². The molecule has 0 spiro atoms. The van der Waals surface area contributed by atoms with E-state index in [1.807, 2.05) is 10.8 Å². The number of hydrogen-bond acceptors (Lipinski definition) is 3. The summed E-state index contributed by atoms with van der Waals surface area (Å²) in [6.07, 6.45) is 5.26. The fourth-order valence-electron chi connectivity index (χ4n) is 1.51. The van der Waals surface area contributed by atoms with E-state index >= 15 is 0 Å². The number of benzene rings is 1. The zero-order chi connectivity index (χ0) is 12.1. The minimum atomic E-state index is -0.328. The lowest BCUT2D eigenvalue weighted by atomic mass is 10.2. The number of halogens is 1. The van der Waals surface area contributed by atoms with Crippen molar-refractivity contribution in [1.82, 2.24) is 9.55 Å². The molecular weight excluding hydrogens is 221 g/mol. The number of ether oxygens (including phenoxy) is 1. The Kier molecular flexibility index (Phi) is 3.72. The molecule has 2 N–H and O–H groups in total. The fraction of sp³-hybridized carbons (Fsp3) is 0.250. The Morgan fingerprint density at radius 2 is 2.24 bits per heavy atom. The number of nitrogens with two attached hydrogens (primary N) is 1. The molecule has 1 heterocycles. The van der Waals surface area contributed by atoms with Crippen molar-refractivity contribution in [2.75, 3.05) is 6.61 Å². The van der Waals surface area contributed by atoms with Gasteiger partial charge in [0.1, 0.15) is 18.2 Å². The summed E-state index contributed by atoms with van der Waals surface area (Å²) in [5.41, 5.74) is 6.18. The summed E-state index contributed by atoms with van der Waals surface area (Å²) in [4.78, 5) is 3.92. The standard InChI is InChI=1S/C12H14FN3O/c13-11-5-10(8-14)6-12(7-11)17-4-3-16-2-1-15-9-16/h1-2,5-7,9H,3-4,8,14H2. The molecule has 90 valence electrons. The molecule has 4 nitrogen and oxygen atoms in total. The third-order valence-electron chi connectivity index (χ3n) is 2.34. The summed E-state index contributed by atoms with van der Waals surface area (Å²) in [5, 5.41) is 0.